The quantitative estimate of drug-likeness (QED) is 0.825. The minimum absolute atomic E-state index is 0.0542. The molecule has 2 aliphatic rings. The summed E-state index contributed by atoms with van der Waals surface area (Å²) in [6.07, 6.45) is 2.95. The Morgan fingerprint density at radius 1 is 1.18 bits per heavy atom. The lowest BCUT2D eigenvalue weighted by Gasteiger charge is -2.30. The summed E-state index contributed by atoms with van der Waals surface area (Å²) in [7, 11) is 3.22. The summed E-state index contributed by atoms with van der Waals surface area (Å²) in [5.41, 5.74) is 2.24. The van der Waals surface area contributed by atoms with Crippen molar-refractivity contribution in [2.75, 3.05) is 20.8 Å². The van der Waals surface area contributed by atoms with Gasteiger partial charge in [-0.15, -0.1) is 0 Å². The lowest BCUT2D eigenvalue weighted by molar-refractivity contribution is -0.135. The zero-order valence-electron chi connectivity index (χ0n) is 16.1. The number of carbonyl (C=O) groups excluding carboxylic acids is 2. The summed E-state index contributed by atoms with van der Waals surface area (Å²) in [4.78, 5) is 27.0. The van der Waals surface area contributed by atoms with Crippen molar-refractivity contribution < 1.29 is 23.5 Å². The molecule has 2 aromatic rings. The minimum atomic E-state index is -0.241. The number of fused-ring (bicyclic) bond motifs is 1. The number of benzene rings is 1. The molecule has 2 unspecified atom stereocenters. The molecule has 2 heterocycles. The molecule has 148 valence electrons. The number of hydrogen-bond acceptors (Lipinski definition) is 5. The molecule has 2 amide bonds. The molecule has 28 heavy (non-hydrogen) atoms. The second-order valence-electron chi connectivity index (χ2n) is 7.23. The number of ether oxygens (including phenoxy) is 2. The van der Waals surface area contributed by atoms with Crippen molar-refractivity contribution in [2.45, 2.75) is 25.9 Å². The van der Waals surface area contributed by atoms with Crippen LogP contribution in [-0.2, 0) is 29.1 Å². The molecule has 1 aromatic heterocycles. The van der Waals surface area contributed by atoms with Gasteiger partial charge in [0, 0.05) is 13.1 Å². The molecule has 2 atom stereocenters. The first-order chi connectivity index (χ1) is 13.6. The van der Waals surface area contributed by atoms with Gasteiger partial charge in [-0.2, -0.15) is 0 Å². The highest BCUT2D eigenvalue weighted by Crippen LogP contribution is 2.41. The van der Waals surface area contributed by atoms with Gasteiger partial charge < -0.3 is 24.1 Å². The van der Waals surface area contributed by atoms with E-state index in [4.69, 9.17) is 13.9 Å². The molecular weight excluding hydrogens is 360 g/mol. The molecule has 1 aliphatic heterocycles. The van der Waals surface area contributed by atoms with Crippen LogP contribution in [0, 0.1) is 11.8 Å². The zero-order chi connectivity index (χ0) is 19.7. The first-order valence-electron chi connectivity index (χ1n) is 9.43. The maximum Gasteiger partial charge on any atom is 0.226 e. The zero-order valence-corrected chi connectivity index (χ0v) is 16.1. The molecule has 0 radical (unpaired) electrons. The van der Waals surface area contributed by atoms with Gasteiger partial charge in [0.2, 0.25) is 11.8 Å². The van der Waals surface area contributed by atoms with Crippen LogP contribution in [0.15, 0.2) is 34.9 Å². The average Bonchev–Trinajstić information content (AvgIpc) is 3.36. The van der Waals surface area contributed by atoms with E-state index < -0.39 is 0 Å². The van der Waals surface area contributed by atoms with Crippen LogP contribution < -0.4 is 14.8 Å². The van der Waals surface area contributed by atoms with Crippen molar-refractivity contribution in [3.63, 3.8) is 0 Å². The number of amides is 2. The predicted octanol–water partition coefficient (Wildman–Crippen LogP) is 2.13. The maximum atomic E-state index is 12.9. The van der Waals surface area contributed by atoms with Crippen molar-refractivity contribution >= 4 is 11.8 Å². The summed E-state index contributed by atoms with van der Waals surface area (Å²) >= 11 is 0. The van der Waals surface area contributed by atoms with Gasteiger partial charge in [0.25, 0.3) is 0 Å². The van der Waals surface area contributed by atoms with E-state index in [0.717, 1.165) is 12.0 Å². The lowest BCUT2D eigenvalue weighted by Crippen LogP contribution is -2.38. The Labute approximate surface area is 163 Å². The summed E-state index contributed by atoms with van der Waals surface area (Å²) in [5.74, 6) is 1.58. The Kier molecular flexibility index (Phi) is 4.98. The highest BCUT2D eigenvalue weighted by atomic mass is 16.5. The standard InChI is InChI=1S/C21H24N2O5/c1-26-18-8-13-5-6-23(12-14(13)9-19(18)27-2)21(25)17-10-16(17)20(24)22-11-15-4-3-7-28-15/h3-4,7-9,16-17H,5-6,10-12H2,1-2H3,(H,22,24). The number of hydrogen-bond donors (Lipinski definition) is 1. The van der Waals surface area contributed by atoms with Crippen molar-refractivity contribution in [2.24, 2.45) is 11.8 Å². The highest BCUT2D eigenvalue weighted by Gasteiger charge is 2.49. The van der Waals surface area contributed by atoms with Gasteiger partial charge in [0.15, 0.2) is 11.5 Å². The van der Waals surface area contributed by atoms with Crippen molar-refractivity contribution in [3.8, 4) is 11.5 Å². The number of nitrogens with zero attached hydrogens (tertiary/aromatic N) is 1. The van der Waals surface area contributed by atoms with E-state index in [1.165, 1.54) is 5.56 Å². The lowest BCUT2D eigenvalue weighted by atomic mass is 9.98. The van der Waals surface area contributed by atoms with Gasteiger partial charge in [-0.1, -0.05) is 0 Å². The predicted molar refractivity (Wildman–Crippen MR) is 101 cm³/mol. The summed E-state index contributed by atoms with van der Waals surface area (Å²) in [5, 5.41) is 2.84. The maximum absolute atomic E-state index is 12.9. The van der Waals surface area contributed by atoms with Crippen LogP contribution in [0.2, 0.25) is 0 Å². The SMILES string of the molecule is COc1cc2c(cc1OC)CN(C(=O)C1CC1C(=O)NCc1ccco1)CC2. The van der Waals surface area contributed by atoms with Gasteiger partial charge in [0.05, 0.1) is 38.9 Å². The molecule has 1 fully saturated rings. The monoisotopic (exact) mass is 384 g/mol. The highest BCUT2D eigenvalue weighted by molar-refractivity contribution is 5.92. The molecule has 7 nitrogen and oxygen atoms in total. The molecule has 1 aromatic carbocycles. The Bertz CT molecular complexity index is 877. The third-order valence-corrected chi connectivity index (χ3v) is 5.49. The molecule has 0 spiro atoms. The molecule has 4 rings (SSSR count). The molecular formula is C21H24N2O5. The molecule has 0 bridgehead atoms. The van der Waals surface area contributed by atoms with E-state index in [1.54, 1.807) is 26.5 Å². The number of furan rings is 1. The van der Waals surface area contributed by atoms with Crippen LogP contribution in [0.3, 0.4) is 0 Å². The van der Waals surface area contributed by atoms with E-state index in [0.29, 0.717) is 43.3 Å². The van der Waals surface area contributed by atoms with Crippen LogP contribution in [0.1, 0.15) is 23.3 Å². The van der Waals surface area contributed by atoms with Gasteiger partial charge >= 0.3 is 0 Å². The van der Waals surface area contributed by atoms with Crippen molar-refractivity contribution in [1.29, 1.82) is 0 Å². The Balaban J connectivity index is 1.36. The van der Waals surface area contributed by atoms with Gasteiger partial charge in [-0.25, -0.2) is 0 Å². The fraction of sp³-hybridized carbons (Fsp3) is 0.429. The number of methoxy groups -OCH3 is 2. The fourth-order valence-electron chi connectivity index (χ4n) is 3.78. The topological polar surface area (TPSA) is 81.0 Å². The molecule has 1 saturated carbocycles. The van der Waals surface area contributed by atoms with Gasteiger partial charge in [-0.3, -0.25) is 9.59 Å². The average molecular weight is 384 g/mol. The Hall–Kier alpha value is -2.96. The van der Waals surface area contributed by atoms with E-state index in [9.17, 15) is 9.59 Å². The van der Waals surface area contributed by atoms with Crippen LogP contribution in [0.25, 0.3) is 0 Å². The minimum Gasteiger partial charge on any atom is -0.493 e. The van der Waals surface area contributed by atoms with Crippen LogP contribution >= 0.6 is 0 Å². The number of rotatable bonds is 6. The first kappa shape index (κ1) is 18.4. The Morgan fingerprint density at radius 2 is 1.93 bits per heavy atom. The first-order valence-corrected chi connectivity index (χ1v) is 9.43. The second-order valence-corrected chi connectivity index (χ2v) is 7.23. The van der Waals surface area contributed by atoms with E-state index in [2.05, 4.69) is 5.32 Å². The van der Waals surface area contributed by atoms with Crippen molar-refractivity contribution in [1.82, 2.24) is 10.2 Å². The summed E-state index contributed by atoms with van der Waals surface area (Å²) in [6.45, 7) is 1.53. The van der Waals surface area contributed by atoms with E-state index in [1.807, 2.05) is 23.1 Å². The van der Waals surface area contributed by atoms with Gasteiger partial charge in [0.1, 0.15) is 5.76 Å². The third-order valence-electron chi connectivity index (χ3n) is 5.49. The molecule has 1 N–H and O–H groups in total. The van der Waals surface area contributed by atoms with Crippen molar-refractivity contribution in [3.05, 3.63) is 47.4 Å². The smallest absolute Gasteiger partial charge is 0.226 e. The van der Waals surface area contributed by atoms with Crippen LogP contribution in [0.4, 0.5) is 0 Å². The number of nitrogens with one attached hydrogen (secondary N) is 1. The van der Waals surface area contributed by atoms with Crippen LogP contribution in [-0.4, -0.2) is 37.5 Å². The van der Waals surface area contributed by atoms with Crippen LogP contribution in [0.5, 0.6) is 11.5 Å². The normalized spacial score (nSPS) is 20.3. The van der Waals surface area contributed by atoms with E-state index in [-0.39, 0.29) is 23.7 Å². The van der Waals surface area contributed by atoms with E-state index >= 15 is 0 Å². The third kappa shape index (κ3) is 3.56. The summed E-state index contributed by atoms with van der Waals surface area (Å²) < 4.78 is 15.9. The second kappa shape index (κ2) is 7.58. The Morgan fingerprint density at radius 3 is 2.61 bits per heavy atom. The van der Waals surface area contributed by atoms with Gasteiger partial charge in [-0.05, 0) is 48.2 Å². The molecule has 0 saturated heterocycles. The fourth-order valence-corrected chi connectivity index (χ4v) is 3.78. The number of carbonyl (C=O) groups is 2. The molecule has 1 aliphatic carbocycles. The molecule has 7 heteroatoms. The largest absolute Gasteiger partial charge is 0.493 e. The summed E-state index contributed by atoms with van der Waals surface area (Å²) in [6, 6.07) is 7.51.